The molecule has 136 valence electrons. The van der Waals surface area contributed by atoms with Crippen LogP contribution < -0.4 is 14.8 Å². The van der Waals surface area contributed by atoms with Gasteiger partial charge >= 0.3 is 5.97 Å². The molecule has 6 nitrogen and oxygen atoms in total. The highest BCUT2D eigenvalue weighted by molar-refractivity contribution is 7.99. The summed E-state index contributed by atoms with van der Waals surface area (Å²) in [6.45, 7) is 1.71. The maximum atomic E-state index is 12.6. The van der Waals surface area contributed by atoms with E-state index in [1.807, 2.05) is 24.3 Å². The average molecular weight is 373 g/mol. The van der Waals surface area contributed by atoms with Crippen LogP contribution in [-0.4, -0.2) is 35.9 Å². The fraction of sp³-hybridized carbons (Fsp3) is 0.263. The van der Waals surface area contributed by atoms with Crippen molar-refractivity contribution < 1.29 is 24.2 Å². The van der Waals surface area contributed by atoms with Gasteiger partial charge in [-0.2, -0.15) is 0 Å². The quantitative estimate of drug-likeness (QED) is 0.776. The zero-order valence-corrected chi connectivity index (χ0v) is 15.0. The molecular formula is C19H19NO5S. The van der Waals surface area contributed by atoms with Crippen LogP contribution in [0.25, 0.3) is 0 Å². The molecule has 26 heavy (non-hydrogen) atoms. The zero-order chi connectivity index (χ0) is 18.5. The summed E-state index contributed by atoms with van der Waals surface area (Å²) in [4.78, 5) is 24.5. The molecule has 0 spiro atoms. The molecule has 1 amide bonds. The molecule has 0 aliphatic carbocycles. The Morgan fingerprint density at radius 1 is 1.19 bits per heavy atom. The van der Waals surface area contributed by atoms with Crippen molar-refractivity contribution >= 4 is 23.6 Å². The maximum Gasteiger partial charge on any atom is 0.341 e. The van der Waals surface area contributed by atoms with Crippen LogP contribution in [0.15, 0.2) is 47.4 Å². The second-order valence-corrected chi connectivity index (χ2v) is 6.71. The van der Waals surface area contributed by atoms with Gasteiger partial charge in [0.25, 0.3) is 5.91 Å². The number of ether oxygens (including phenoxy) is 2. The molecule has 0 radical (unpaired) electrons. The fourth-order valence-corrected chi connectivity index (χ4v) is 3.86. The van der Waals surface area contributed by atoms with Gasteiger partial charge in [0.05, 0.1) is 12.6 Å². The summed E-state index contributed by atoms with van der Waals surface area (Å²) in [7, 11) is 0. The van der Waals surface area contributed by atoms with Crippen molar-refractivity contribution in [2.75, 3.05) is 19.0 Å². The van der Waals surface area contributed by atoms with E-state index in [0.29, 0.717) is 23.7 Å². The third kappa shape index (κ3) is 4.11. The van der Waals surface area contributed by atoms with Gasteiger partial charge in [-0.25, -0.2) is 4.79 Å². The molecule has 0 fully saturated rings. The Morgan fingerprint density at radius 3 is 2.77 bits per heavy atom. The number of rotatable bonds is 7. The largest absolute Gasteiger partial charge is 0.490 e. The highest BCUT2D eigenvalue weighted by Crippen LogP contribution is 2.38. The van der Waals surface area contributed by atoms with E-state index in [1.165, 1.54) is 4.90 Å². The van der Waals surface area contributed by atoms with Crippen molar-refractivity contribution in [3.05, 3.63) is 53.6 Å². The van der Waals surface area contributed by atoms with E-state index < -0.39 is 12.6 Å². The number of carbonyl (C=O) groups excluding carboxylic acids is 1. The predicted octanol–water partition coefficient (Wildman–Crippen LogP) is 3.13. The first-order valence-electron chi connectivity index (χ1n) is 8.22. The monoisotopic (exact) mass is 373 g/mol. The zero-order valence-electron chi connectivity index (χ0n) is 14.2. The Balaban J connectivity index is 1.75. The summed E-state index contributed by atoms with van der Waals surface area (Å²) in [5, 5.41) is 11.8. The Kier molecular flexibility index (Phi) is 5.68. The molecule has 1 aliphatic heterocycles. The van der Waals surface area contributed by atoms with Crippen molar-refractivity contribution in [2.24, 2.45) is 0 Å². The first kappa shape index (κ1) is 18.1. The SMILES string of the molecule is CCOc1cc(C(=O)NC2CSc3ccccc32)ccc1OCC(=O)O. The number of carboxylic acids is 1. The molecule has 0 aromatic heterocycles. The van der Waals surface area contributed by atoms with Crippen LogP contribution in [0.3, 0.4) is 0 Å². The lowest BCUT2D eigenvalue weighted by Crippen LogP contribution is -2.28. The topological polar surface area (TPSA) is 84.9 Å². The molecule has 3 rings (SSSR count). The standard InChI is InChI=1S/C19H19NO5S/c1-2-24-16-9-12(7-8-15(16)25-10-18(21)22)19(23)20-14-11-26-17-6-4-3-5-13(14)17/h3-9,14H,2,10-11H2,1H3,(H,20,23)(H,21,22). The first-order chi connectivity index (χ1) is 12.6. The van der Waals surface area contributed by atoms with Crippen LogP contribution >= 0.6 is 11.8 Å². The lowest BCUT2D eigenvalue weighted by Gasteiger charge is -2.15. The maximum absolute atomic E-state index is 12.6. The Hall–Kier alpha value is -2.67. The number of aliphatic carboxylic acids is 1. The summed E-state index contributed by atoms with van der Waals surface area (Å²) in [6, 6.07) is 12.7. The highest BCUT2D eigenvalue weighted by Gasteiger charge is 2.25. The van der Waals surface area contributed by atoms with Crippen LogP contribution in [0.5, 0.6) is 11.5 Å². The number of carboxylic acid groups (broad SMARTS) is 1. The van der Waals surface area contributed by atoms with Gasteiger partial charge in [0.15, 0.2) is 18.1 Å². The van der Waals surface area contributed by atoms with Crippen molar-refractivity contribution in [3.8, 4) is 11.5 Å². The van der Waals surface area contributed by atoms with Crippen molar-refractivity contribution in [1.82, 2.24) is 5.32 Å². The summed E-state index contributed by atoms with van der Waals surface area (Å²) in [5.41, 5.74) is 1.56. The number of hydrogen-bond acceptors (Lipinski definition) is 5. The van der Waals surface area contributed by atoms with Crippen LogP contribution in [0, 0.1) is 0 Å². The van der Waals surface area contributed by atoms with Crippen molar-refractivity contribution in [2.45, 2.75) is 17.9 Å². The first-order valence-corrected chi connectivity index (χ1v) is 9.21. The molecule has 1 unspecified atom stereocenters. The summed E-state index contributed by atoms with van der Waals surface area (Å²) in [6.07, 6.45) is 0. The number of fused-ring (bicyclic) bond motifs is 1. The van der Waals surface area contributed by atoms with E-state index in [1.54, 1.807) is 36.9 Å². The molecule has 2 aromatic carbocycles. The summed E-state index contributed by atoms with van der Waals surface area (Å²) in [5.74, 6) is 0.156. The van der Waals surface area contributed by atoms with E-state index in [2.05, 4.69) is 5.32 Å². The van der Waals surface area contributed by atoms with Gasteiger partial charge < -0.3 is 19.9 Å². The summed E-state index contributed by atoms with van der Waals surface area (Å²) >= 11 is 1.72. The number of benzene rings is 2. The molecule has 1 atom stereocenters. The van der Waals surface area contributed by atoms with Gasteiger partial charge in [0.2, 0.25) is 0 Å². The number of amides is 1. The number of nitrogens with one attached hydrogen (secondary N) is 1. The number of carbonyl (C=O) groups is 2. The van der Waals surface area contributed by atoms with Crippen LogP contribution in [-0.2, 0) is 4.79 Å². The van der Waals surface area contributed by atoms with Crippen LogP contribution in [0.2, 0.25) is 0 Å². The lowest BCUT2D eigenvalue weighted by atomic mass is 10.1. The Morgan fingerprint density at radius 2 is 2.00 bits per heavy atom. The van der Waals surface area contributed by atoms with Gasteiger partial charge in [0, 0.05) is 16.2 Å². The van der Waals surface area contributed by atoms with Crippen LogP contribution in [0.1, 0.15) is 28.9 Å². The molecule has 0 saturated heterocycles. The minimum Gasteiger partial charge on any atom is -0.490 e. The normalized spacial score (nSPS) is 15.2. The fourth-order valence-electron chi connectivity index (χ4n) is 2.70. The molecule has 2 aromatic rings. The smallest absolute Gasteiger partial charge is 0.341 e. The molecule has 1 aliphatic rings. The lowest BCUT2D eigenvalue weighted by molar-refractivity contribution is -0.139. The van der Waals surface area contributed by atoms with E-state index >= 15 is 0 Å². The molecule has 1 heterocycles. The van der Waals surface area contributed by atoms with E-state index in [0.717, 1.165) is 11.3 Å². The van der Waals surface area contributed by atoms with Gasteiger partial charge in [-0.05, 0) is 36.8 Å². The van der Waals surface area contributed by atoms with Crippen molar-refractivity contribution in [1.29, 1.82) is 0 Å². The third-order valence-corrected chi connectivity index (χ3v) is 5.04. The van der Waals surface area contributed by atoms with Gasteiger partial charge in [-0.15, -0.1) is 11.8 Å². The highest BCUT2D eigenvalue weighted by atomic mass is 32.2. The molecule has 0 bridgehead atoms. The van der Waals surface area contributed by atoms with Gasteiger partial charge in [0.1, 0.15) is 0 Å². The Bertz CT molecular complexity index is 823. The minimum atomic E-state index is -1.08. The average Bonchev–Trinajstić information content (AvgIpc) is 3.04. The third-order valence-electron chi connectivity index (χ3n) is 3.86. The predicted molar refractivity (Wildman–Crippen MR) is 98.1 cm³/mol. The number of hydrogen-bond donors (Lipinski definition) is 2. The van der Waals surface area contributed by atoms with E-state index in [-0.39, 0.29) is 11.9 Å². The van der Waals surface area contributed by atoms with Crippen molar-refractivity contribution in [3.63, 3.8) is 0 Å². The second-order valence-electron chi connectivity index (χ2n) is 5.65. The minimum absolute atomic E-state index is 0.0396. The molecule has 7 heteroatoms. The van der Waals surface area contributed by atoms with E-state index in [9.17, 15) is 9.59 Å². The van der Waals surface area contributed by atoms with Crippen LogP contribution in [0.4, 0.5) is 0 Å². The Labute approximate surface area is 155 Å². The van der Waals surface area contributed by atoms with Gasteiger partial charge in [-0.3, -0.25) is 4.79 Å². The summed E-state index contributed by atoms with van der Waals surface area (Å²) < 4.78 is 10.7. The second kappa shape index (κ2) is 8.14. The van der Waals surface area contributed by atoms with E-state index in [4.69, 9.17) is 14.6 Å². The van der Waals surface area contributed by atoms with Gasteiger partial charge in [-0.1, -0.05) is 18.2 Å². The molecule has 0 saturated carbocycles. The molecule has 2 N–H and O–H groups in total. The number of thioether (sulfide) groups is 1. The molecular weight excluding hydrogens is 354 g/mol.